The molecule has 2 unspecified atom stereocenters. The molecule has 0 aromatic heterocycles. The Kier molecular flexibility index (Phi) is 5.22. The average Bonchev–Trinajstić information content (AvgIpc) is 2.41. The zero-order chi connectivity index (χ0) is 13.0. The first-order chi connectivity index (χ1) is 8.72. The van der Waals surface area contributed by atoms with Gasteiger partial charge in [0.2, 0.25) is 0 Å². The average molecular weight is 311 g/mol. The summed E-state index contributed by atoms with van der Waals surface area (Å²) in [6.07, 6.45) is 2.62. The summed E-state index contributed by atoms with van der Waals surface area (Å²) in [5.41, 5.74) is 1.40. The van der Waals surface area contributed by atoms with Gasteiger partial charge in [-0.15, -0.1) is 0 Å². The van der Waals surface area contributed by atoms with E-state index in [0.29, 0.717) is 12.1 Å². The van der Waals surface area contributed by atoms with Gasteiger partial charge in [0.1, 0.15) is 0 Å². The largest absolute Gasteiger partial charge is 0.315 e. The van der Waals surface area contributed by atoms with Crippen LogP contribution in [-0.2, 0) is 0 Å². The van der Waals surface area contributed by atoms with Crippen molar-refractivity contribution in [3.8, 4) is 0 Å². The number of likely N-dealkylation sites (N-methyl/N-ethyl adjacent to an activating group) is 1. The molecule has 2 nitrogen and oxygen atoms in total. The highest BCUT2D eigenvalue weighted by Gasteiger charge is 2.24. The van der Waals surface area contributed by atoms with Crippen molar-refractivity contribution in [3.05, 3.63) is 34.3 Å². The van der Waals surface area contributed by atoms with Crippen molar-refractivity contribution in [1.82, 2.24) is 10.2 Å². The molecule has 3 heteroatoms. The third kappa shape index (κ3) is 3.34. The van der Waals surface area contributed by atoms with Gasteiger partial charge in [-0.2, -0.15) is 0 Å². The fraction of sp³-hybridized carbons (Fsp3) is 0.600. The minimum absolute atomic E-state index is 0.484. The number of rotatable bonds is 4. The predicted molar refractivity (Wildman–Crippen MR) is 80.8 cm³/mol. The molecule has 1 fully saturated rings. The van der Waals surface area contributed by atoms with Crippen LogP contribution in [0.5, 0.6) is 0 Å². The highest BCUT2D eigenvalue weighted by atomic mass is 79.9. The second-order valence-corrected chi connectivity index (χ2v) is 5.98. The summed E-state index contributed by atoms with van der Waals surface area (Å²) in [5, 5.41) is 3.52. The van der Waals surface area contributed by atoms with Gasteiger partial charge in [-0.25, -0.2) is 0 Å². The molecule has 2 atom stereocenters. The summed E-state index contributed by atoms with van der Waals surface area (Å²) < 4.78 is 1.17. The molecular weight excluding hydrogens is 288 g/mol. The van der Waals surface area contributed by atoms with Crippen molar-refractivity contribution in [2.75, 3.05) is 19.6 Å². The van der Waals surface area contributed by atoms with Crippen LogP contribution in [-0.4, -0.2) is 30.6 Å². The zero-order valence-electron chi connectivity index (χ0n) is 11.3. The summed E-state index contributed by atoms with van der Waals surface area (Å²) in [6.45, 7) is 8.01. The molecule has 18 heavy (non-hydrogen) atoms. The van der Waals surface area contributed by atoms with Crippen molar-refractivity contribution in [2.45, 2.75) is 38.8 Å². The van der Waals surface area contributed by atoms with Crippen LogP contribution in [0.15, 0.2) is 28.7 Å². The van der Waals surface area contributed by atoms with Crippen molar-refractivity contribution in [1.29, 1.82) is 0 Å². The third-order valence-corrected chi connectivity index (χ3v) is 4.43. The smallest absolute Gasteiger partial charge is 0.0323 e. The second-order valence-electron chi connectivity index (χ2n) is 5.06. The van der Waals surface area contributed by atoms with Gasteiger partial charge in [-0.1, -0.05) is 35.0 Å². The van der Waals surface area contributed by atoms with Crippen molar-refractivity contribution in [3.63, 3.8) is 0 Å². The normalized spacial score (nSPS) is 22.1. The summed E-state index contributed by atoms with van der Waals surface area (Å²) >= 11 is 3.57. The molecule has 0 aliphatic carbocycles. The number of halogens is 1. The Labute approximate surface area is 119 Å². The Morgan fingerprint density at radius 2 is 2.33 bits per heavy atom. The Balaban J connectivity index is 2.11. The van der Waals surface area contributed by atoms with E-state index >= 15 is 0 Å². The van der Waals surface area contributed by atoms with E-state index < -0.39 is 0 Å². The Morgan fingerprint density at radius 1 is 1.50 bits per heavy atom. The van der Waals surface area contributed by atoms with Crippen molar-refractivity contribution >= 4 is 15.9 Å². The number of nitrogens with zero attached hydrogens (tertiary/aromatic N) is 1. The molecule has 0 amide bonds. The summed E-state index contributed by atoms with van der Waals surface area (Å²) in [4.78, 5) is 2.62. The van der Waals surface area contributed by atoms with E-state index in [4.69, 9.17) is 0 Å². The summed E-state index contributed by atoms with van der Waals surface area (Å²) in [5.74, 6) is 0. The molecule has 100 valence electrons. The van der Waals surface area contributed by atoms with Gasteiger partial charge in [0.05, 0.1) is 0 Å². The van der Waals surface area contributed by atoms with Crippen molar-refractivity contribution < 1.29 is 0 Å². The minimum atomic E-state index is 0.484. The molecule has 0 radical (unpaired) electrons. The quantitative estimate of drug-likeness (QED) is 0.914. The van der Waals surface area contributed by atoms with Crippen LogP contribution in [0.25, 0.3) is 0 Å². The van der Waals surface area contributed by atoms with Crippen LogP contribution in [0.2, 0.25) is 0 Å². The van der Waals surface area contributed by atoms with Gasteiger partial charge < -0.3 is 5.32 Å². The molecule has 0 bridgehead atoms. The zero-order valence-corrected chi connectivity index (χ0v) is 12.9. The molecule has 1 saturated heterocycles. The molecule has 0 saturated carbocycles. The topological polar surface area (TPSA) is 15.3 Å². The van der Waals surface area contributed by atoms with Crippen LogP contribution in [0.3, 0.4) is 0 Å². The lowest BCUT2D eigenvalue weighted by atomic mass is 10.0. The van der Waals surface area contributed by atoms with Crippen LogP contribution >= 0.6 is 15.9 Å². The van der Waals surface area contributed by atoms with E-state index in [9.17, 15) is 0 Å². The van der Waals surface area contributed by atoms with Crippen LogP contribution in [0, 0.1) is 0 Å². The number of nitrogens with one attached hydrogen (secondary N) is 1. The summed E-state index contributed by atoms with van der Waals surface area (Å²) in [6, 6.07) is 9.85. The maximum atomic E-state index is 3.57. The van der Waals surface area contributed by atoms with Gasteiger partial charge in [0.25, 0.3) is 0 Å². The molecule has 1 aromatic rings. The van der Waals surface area contributed by atoms with Gasteiger partial charge in [-0.3, -0.25) is 4.90 Å². The summed E-state index contributed by atoms with van der Waals surface area (Å²) in [7, 11) is 0. The Hall–Kier alpha value is -0.380. The highest BCUT2D eigenvalue weighted by molar-refractivity contribution is 9.10. The van der Waals surface area contributed by atoms with Gasteiger partial charge in [0, 0.05) is 23.1 Å². The van der Waals surface area contributed by atoms with Crippen molar-refractivity contribution in [2.24, 2.45) is 0 Å². The lowest BCUT2D eigenvalue weighted by molar-refractivity contribution is 0.128. The van der Waals surface area contributed by atoms with E-state index in [1.807, 2.05) is 0 Å². The molecular formula is C15H23BrN2. The van der Waals surface area contributed by atoms with Crippen LogP contribution < -0.4 is 5.32 Å². The molecule has 1 aromatic carbocycles. The fourth-order valence-corrected chi connectivity index (χ4v) is 3.34. The van der Waals surface area contributed by atoms with Gasteiger partial charge in [0.15, 0.2) is 0 Å². The van der Waals surface area contributed by atoms with Crippen LogP contribution in [0.1, 0.15) is 38.3 Å². The van der Waals surface area contributed by atoms with E-state index in [2.05, 4.69) is 64.3 Å². The highest BCUT2D eigenvalue weighted by Crippen LogP contribution is 2.26. The number of hydrogen-bond acceptors (Lipinski definition) is 2. The maximum Gasteiger partial charge on any atom is 0.0323 e. The van der Waals surface area contributed by atoms with Gasteiger partial charge >= 0.3 is 0 Å². The molecule has 1 aliphatic rings. The maximum absolute atomic E-state index is 3.57. The first-order valence-corrected chi connectivity index (χ1v) is 7.73. The van der Waals surface area contributed by atoms with E-state index in [1.54, 1.807) is 0 Å². The molecule has 1 aliphatic heterocycles. The molecule has 1 N–H and O–H groups in total. The van der Waals surface area contributed by atoms with E-state index in [1.165, 1.54) is 29.4 Å². The monoisotopic (exact) mass is 310 g/mol. The molecule has 0 spiro atoms. The van der Waals surface area contributed by atoms with Gasteiger partial charge in [-0.05, 0) is 50.6 Å². The molecule has 1 heterocycles. The first kappa shape index (κ1) is 14.0. The number of piperidine rings is 1. The number of benzene rings is 1. The predicted octanol–water partition coefficient (Wildman–Crippen LogP) is 3.58. The lowest BCUT2D eigenvalue weighted by Gasteiger charge is -2.38. The Bertz CT molecular complexity index is 375. The minimum Gasteiger partial charge on any atom is -0.315 e. The van der Waals surface area contributed by atoms with E-state index in [0.717, 1.165) is 13.1 Å². The van der Waals surface area contributed by atoms with E-state index in [-0.39, 0.29) is 0 Å². The Morgan fingerprint density at radius 3 is 2.94 bits per heavy atom. The van der Waals surface area contributed by atoms with Crippen LogP contribution in [0.4, 0.5) is 0 Å². The SMILES string of the molecule is CCN(C1CCCNC1)C(C)c1cccc(Br)c1. The first-order valence-electron chi connectivity index (χ1n) is 6.94. The number of hydrogen-bond donors (Lipinski definition) is 1. The standard InChI is InChI=1S/C15H23BrN2/c1-3-18(15-8-5-9-17-11-15)12(2)13-6-4-7-14(16)10-13/h4,6-7,10,12,15,17H,3,5,8-9,11H2,1-2H3. The lowest BCUT2D eigenvalue weighted by Crippen LogP contribution is -2.46. The fourth-order valence-electron chi connectivity index (χ4n) is 2.92. The molecule has 2 rings (SSSR count). The second kappa shape index (κ2) is 6.69. The third-order valence-electron chi connectivity index (χ3n) is 3.93.